The van der Waals surface area contributed by atoms with Crippen LogP contribution in [0, 0.1) is 11.7 Å². The monoisotopic (exact) mass is 282 g/mol. The molecule has 1 aromatic carbocycles. The van der Waals surface area contributed by atoms with E-state index in [1.807, 2.05) is 6.92 Å². The second kappa shape index (κ2) is 5.21. The summed E-state index contributed by atoms with van der Waals surface area (Å²) in [6.45, 7) is 6.13. The Hall–Kier alpha value is -1.55. The van der Waals surface area contributed by atoms with Crippen LogP contribution in [0.1, 0.15) is 32.4 Å². The van der Waals surface area contributed by atoms with Crippen molar-refractivity contribution in [3.8, 4) is 11.1 Å². The van der Waals surface area contributed by atoms with Crippen molar-refractivity contribution in [2.75, 3.05) is 5.73 Å². The average Bonchev–Trinajstić information content (AvgIpc) is 2.73. The van der Waals surface area contributed by atoms with E-state index in [0.29, 0.717) is 22.7 Å². The number of benzene rings is 1. The molecular formula is C14H16ClFN2O. The third-order valence-corrected chi connectivity index (χ3v) is 3.69. The van der Waals surface area contributed by atoms with Gasteiger partial charge in [-0.2, -0.15) is 0 Å². The molecule has 1 heterocycles. The topological polar surface area (TPSA) is 52.0 Å². The Kier molecular flexibility index (Phi) is 3.80. The fourth-order valence-corrected chi connectivity index (χ4v) is 2.08. The molecule has 0 radical (unpaired) electrons. The highest BCUT2D eigenvalue weighted by atomic mass is 35.5. The molecule has 2 aromatic rings. The van der Waals surface area contributed by atoms with Gasteiger partial charge in [-0.05, 0) is 12.0 Å². The molecule has 0 saturated heterocycles. The van der Waals surface area contributed by atoms with Crippen molar-refractivity contribution in [3.63, 3.8) is 0 Å². The summed E-state index contributed by atoms with van der Waals surface area (Å²) in [5.74, 6) is 0.0554. The van der Waals surface area contributed by atoms with Gasteiger partial charge in [0.15, 0.2) is 0 Å². The van der Waals surface area contributed by atoms with Gasteiger partial charge < -0.3 is 10.3 Å². The van der Waals surface area contributed by atoms with E-state index in [1.54, 1.807) is 12.1 Å². The van der Waals surface area contributed by atoms with E-state index in [0.717, 1.165) is 0 Å². The van der Waals surface area contributed by atoms with E-state index in [4.69, 9.17) is 21.9 Å². The van der Waals surface area contributed by atoms with E-state index in [-0.39, 0.29) is 16.8 Å². The lowest BCUT2D eigenvalue weighted by atomic mass is 9.90. The smallest absolute Gasteiger partial charge is 0.230 e. The number of aromatic nitrogens is 1. The van der Waals surface area contributed by atoms with Crippen molar-refractivity contribution < 1.29 is 8.91 Å². The van der Waals surface area contributed by atoms with Crippen molar-refractivity contribution >= 4 is 17.5 Å². The van der Waals surface area contributed by atoms with Gasteiger partial charge in [0.1, 0.15) is 5.82 Å². The Morgan fingerprint density at radius 2 is 2.00 bits per heavy atom. The van der Waals surface area contributed by atoms with Gasteiger partial charge >= 0.3 is 0 Å². The molecule has 0 aliphatic carbocycles. The van der Waals surface area contributed by atoms with Crippen LogP contribution in [0.5, 0.6) is 0 Å². The van der Waals surface area contributed by atoms with E-state index >= 15 is 0 Å². The molecule has 0 saturated carbocycles. The van der Waals surface area contributed by atoms with Crippen molar-refractivity contribution in [2.24, 2.45) is 5.92 Å². The van der Waals surface area contributed by atoms with Crippen LogP contribution in [-0.4, -0.2) is 5.16 Å². The molecule has 0 aliphatic heterocycles. The van der Waals surface area contributed by atoms with Gasteiger partial charge in [-0.1, -0.05) is 49.7 Å². The molecule has 19 heavy (non-hydrogen) atoms. The zero-order valence-electron chi connectivity index (χ0n) is 11.1. The van der Waals surface area contributed by atoms with E-state index in [9.17, 15) is 4.39 Å². The third-order valence-electron chi connectivity index (χ3n) is 3.40. The predicted octanol–water partition coefficient (Wildman–Crippen LogP) is 4.48. The number of hydrogen-bond donors (Lipinski definition) is 1. The molecule has 2 N–H and O–H groups in total. The van der Waals surface area contributed by atoms with E-state index in [2.05, 4.69) is 19.0 Å². The second-order valence-electron chi connectivity index (χ2n) is 4.94. The van der Waals surface area contributed by atoms with Crippen molar-refractivity contribution in [1.29, 1.82) is 0 Å². The molecule has 3 nitrogen and oxygen atoms in total. The first-order valence-corrected chi connectivity index (χ1v) is 6.50. The van der Waals surface area contributed by atoms with Crippen LogP contribution in [0.15, 0.2) is 22.7 Å². The molecule has 2 rings (SSSR count). The molecule has 5 heteroatoms. The number of hydrogen-bond acceptors (Lipinski definition) is 3. The maximum absolute atomic E-state index is 14.1. The Bertz CT molecular complexity index is 595. The lowest BCUT2D eigenvalue weighted by Crippen LogP contribution is -2.04. The molecule has 102 valence electrons. The summed E-state index contributed by atoms with van der Waals surface area (Å²) in [6, 6.07) is 4.80. The molecule has 1 unspecified atom stereocenters. The fraction of sp³-hybridized carbons (Fsp3) is 0.357. The fourth-order valence-electron chi connectivity index (χ4n) is 1.91. The molecule has 0 aliphatic rings. The first kappa shape index (κ1) is 13.9. The number of nitrogens with two attached hydrogens (primary N) is 1. The summed E-state index contributed by atoms with van der Waals surface area (Å²) in [5, 5.41) is 4.03. The van der Waals surface area contributed by atoms with Crippen LogP contribution in [0.25, 0.3) is 11.1 Å². The highest BCUT2D eigenvalue weighted by Crippen LogP contribution is 2.38. The standard InChI is InChI=1S/C14H16ClFN2O/c1-7(2)8(3)13-11(14(17)19-18-13)9-5-4-6-10(15)12(9)16/h4-8H,17H2,1-3H3. The van der Waals surface area contributed by atoms with Crippen LogP contribution in [0.4, 0.5) is 10.3 Å². The van der Waals surface area contributed by atoms with Crippen molar-refractivity contribution in [2.45, 2.75) is 26.7 Å². The van der Waals surface area contributed by atoms with Gasteiger partial charge in [-0.25, -0.2) is 4.39 Å². The van der Waals surface area contributed by atoms with Gasteiger partial charge in [-0.3, -0.25) is 0 Å². The maximum Gasteiger partial charge on any atom is 0.230 e. The minimum atomic E-state index is -0.503. The first-order valence-electron chi connectivity index (χ1n) is 6.13. The minimum absolute atomic E-state index is 0.0567. The number of nitrogen functional groups attached to an aromatic ring is 1. The van der Waals surface area contributed by atoms with Crippen LogP contribution in [0.2, 0.25) is 5.02 Å². The lowest BCUT2D eigenvalue weighted by molar-refractivity contribution is 0.407. The summed E-state index contributed by atoms with van der Waals surface area (Å²) >= 11 is 5.81. The summed E-state index contributed by atoms with van der Waals surface area (Å²) in [5.41, 5.74) is 7.28. The van der Waals surface area contributed by atoms with Crippen LogP contribution < -0.4 is 5.73 Å². The first-order chi connectivity index (χ1) is 8.93. The third kappa shape index (κ3) is 2.45. The maximum atomic E-state index is 14.1. The summed E-state index contributed by atoms with van der Waals surface area (Å²) in [6.07, 6.45) is 0. The van der Waals surface area contributed by atoms with Crippen LogP contribution >= 0.6 is 11.6 Å². The van der Waals surface area contributed by atoms with Gasteiger partial charge in [0, 0.05) is 11.5 Å². The summed E-state index contributed by atoms with van der Waals surface area (Å²) in [4.78, 5) is 0. The Labute approximate surface area is 116 Å². The zero-order valence-corrected chi connectivity index (χ0v) is 11.8. The molecule has 0 amide bonds. The molecule has 0 bridgehead atoms. The highest BCUT2D eigenvalue weighted by Gasteiger charge is 2.25. The quantitative estimate of drug-likeness (QED) is 0.903. The SMILES string of the molecule is CC(C)C(C)c1noc(N)c1-c1cccc(Cl)c1F. The average molecular weight is 283 g/mol. The predicted molar refractivity (Wildman–Crippen MR) is 74.6 cm³/mol. The lowest BCUT2D eigenvalue weighted by Gasteiger charge is -2.14. The van der Waals surface area contributed by atoms with E-state index < -0.39 is 5.82 Å². The minimum Gasteiger partial charge on any atom is -0.367 e. The number of nitrogens with zero attached hydrogens (tertiary/aromatic N) is 1. The molecule has 1 aromatic heterocycles. The molecular weight excluding hydrogens is 267 g/mol. The summed E-state index contributed by atoms with van der Waals surface area (Å²) < 4.78 is 19.2. The Morgan fingerprint density at radius 1 is 1.32 bits per heavy atom. The van der Waals surface area contributed by atoms with Crippen LogP contribution in [-0.2, 0) is 0 Å². The number of anilines is 1. The number of halogens is 2. The Balaban J connectivity index is 2.62. The van der Waals surface area contributed by atoms with Gasteiger partial charge in [0.25, 0.3) is 0 Å². The molecule has 0 spiro atoms. The van der Waals surface area contributed by atoms with Gasteiger partial charge in [0.2, 0.25) is 5.88 Å². The van der Waals surface area contributed by atoms with Gasteiger partial charge in [0.05, 0.1) is 16.3 Å². The van der Waals surface area contributed by atoms with Gasteiger partial charge in [-0.15, -0.1) is 0 Å². The van der Waals surface area contributed by atoms with E-state index in [1.165, 1.54) is 6.07 Å². The molecule has 0 fully saturated rings. The van der Waals surface area contributed by atoms with Crippen LogP contribution in [0.3, 0.4) is 0 Å². The van der Waals surface area contributed by atoms with Crippen molar-refractivity contribution in [3.05, 3.63) is 34.7 Å². The summed E-state index contributed by atoms with van der Waals surface area (Å²) in [7, 11) is 0. The number of rotatable bonds is 3. The normalized spacial score (nSPS) is 12.9. The largest absolute Gasteiger partial charge is 0.367 e. The highest BCUT2D eigenvalue weighted by molar-refractivity contribution is 6.31. The van der Waals surface area contributed by atoms with Crippen molar-refractivity contribution in [1.82, 2.24) is 5.16 Å². The zero-order chi connectivity index (χ0) is 14.2. The molecule has 1 atom stereocenters. The second-order valence-corrected chi connectivity index (χ2v) is 5.35. The Morgan fingerprint density at radius 3 is 2.63 bits per heavy atom.